The van der Waals surface area contributed by atoms with Gasteiger partial charge in [0.25, 0.3) is 0 Å². The normalized spacial score (nSPS) is 12.4. The van der Waals surface area contributed by atoms with Gasteiger partial charge in [0.15, 0.2) is 0 Å². The van der Waals surface area contributed by atoms with Crippen LogP contribution in [0.3, 0.4) is 0 Å². The number of aliphatic hydroxyl groups excluding tert-OH is 1. The number of hydrogen-bond donors (Lipinski definition) is 2. The monoisotopic (exact) mass is 242 g/mol. The van der Waals surface area contributed by atoms with Crippen molar-refractivity contribution in [3.63, 3.8) is 0 Å². The van der Waals surface area contributed by atoms with Crippen molar-refractivity contribution in [3.05, 3.63) is 16.1 Å². The minimum Gasteiger partial charge on any atom is -0.396 e. The third-order valence-electron chi connectivity index (χ3n) is 2.21. The number of carbonyl (C=O) groups excluding carboxylic acids is 1. The van der Waals surface area contributed by atoms with Gasteiger partial charge in [0.05, 0.1) is 17.1 Å². The number of hydrogen-bond acceptors (Lipinski definition) is 4. The molecule has 1 aromatic rings. The molecule has 0 saturated carbocycles. The first-order valence-corrected chi connectivity index (χ1v) is 6.31. The molecule has 1 heterocycles. The number of nitrogens with zero attached hydrogens (tertiary/aromatic N) is 1. The summed E-state index contributed by atoms with van der Waals surface area (Å²) in [6, 6.07) is 0.111. The molecule has 90 valence electrons. The van der Waals surface area contributed by atoms with Crippen LogP contribution in [0.1, 0.15) is 30.5 Å². The molecule has 1 rings (SSSR count). The summed E-state index contributed by atoms with van der Waals surface area (Å²) in [5.74, 6) is -0.00394. The third kappa shape index (κ3) is 4.72. The van der Waals surface area contributed by atoms with E-state index in [4.69, 9.17) is 5.11 Å². The Labute approximate surface area is 99.7 Å². The second-order valence-electron chi connectivity index (χ2n) is 3.87. The highest BCUT2D eigenvalue weighted by Crippen LogP contribution is 2.08. The molecular formula is C11H18N2O2S. The van der Waals surface area contributed by atoms with Crippen LogP contribution in [0.2, 0.25) is 0 Å². The van der Waals surface area contributed by atoms with Crippen LogP contribution in [-0.2, 0) is 11.2 Å². The molecule has 0 aliphatic rings. The molecule has 0 aliphatic carbocycles. The summed E-state index contributed by atoms with van der Waals surface area (Å²) in [6.07, 6.45) is 1.86. The first-order valence-electron chi connectivity index (χ1n) is 5.43. The number of thiazole rings is 1. The zero-order valence-electron chi connectivity index (χ0n) is 9.69. The molecule has 2 N–H and O–H groups in total. The van der Waals surface area contributed by atoms with Crippen molar-refractivity contribution in [2.45, 2.75) is 39.2 Å². The quantitative estimate of drug-likeness (QED) is 0.789. The molecule has 0 saturated heterocycles. The Balaban J connectivity index is 2.30. The first kappa shape index (κ1) is 13.1. The van der Waals surface area contributed by atoms with E-state index in [9.17, 15) is 4.79 Å². The number of aliphatic hydroxyl groups is 1. The SMILES string of the molecule is Cc1nc(CC(=O)NC(C)CCCO)cs1. The number of aryl methyl sites for hydroxylation is 1. The first-order chi connectivity index (χ1) is 7.61. The summed E-state index contributed by atoms with van der Waals surface area (Å²) < 4.78 is 0. The van der Waals surface area contributed by atoms with Gasteiger partial charge in [-0.1, -0.05) is 0 Å². The van der Waals surface area contributed by atoms with Crippen LogP contribution in [0, 0.1) is 6.92 Å². The molecule has 0 aromatic carbocycles. The van der Waals surface area contributed by atoms with E-state index in [2.05, 4.69) is 10.3 Å². The Morgan fingerprint density at radius 3 is 3.00 bits per heavy atom. The minimum absolute atomic E-state index is 0.00394. The highest BCUT2D eigenvalue weighted by atomic mass is 32.1. The zero-order valence-corrected chi connectivity index (χ0v) is 10.5. The number of amides is 1. The maximum absolute atomic E-state index is 11.6. The van der Waals surface area contributed by atoms with Crippen LogP contribution in [-0.4, -0.2) is 28.6 Å². The fraction of sp³-hybridized carbons (Fsp3) is 0.636. The van der Waals surface area contributed by atoms with Crippen LogP contribution < -0.4 is 5.32 Å². The molecule has 0 aliphatic heterocycles. The van der Waals surface area contributed by atoms with Gasteiger partial charge in [-0.25, -0.2) is 4.98 Å². The molecule has 16 heavy (non-hydrogen) atoms. The predicted octanol–water partition coefficient (Wildman–Crippen LogP) is 1.27. The van der Waals surface area contributed by atoms with Crippen LogP contribution in [0.5, 0.6) is 0 Å². The summed E-state index contributed by atoms with van der Waals surface area (Å²) in [5.41, 5.74) is 0.828. The summed E-state index contributed by atoms with van der Waals surface area (Å²) in [6.45, 7) is 4.04. The van der Waals surface area contributed by atoms with Gasteiger partial charge in [0.2, 0.25) is 5.91 Å². The lowest BCUT2D eigenvalue weighted by Crippen LogP contribution is -2.33. The average Bonchev–Trinajstić information content (AvgIpc) is 2.60. The van der Waals surface area contributed by atoms with Crippen LogP contribution in [0.15, 0.2) is 5.38 Å². The molecule has 1 unspecified atom stereocenters. The van der Waals surface area contributed by atoms with E-state index in [-0.39, 0.29) is 18.6 Å². The molecule has 5 heteroatoms. The average molecular weight is 242 g/mol. The summed E-state index contributed by atoms with van der Waals surface area (Å²) >= 11 is 1.55. The maximum Gasteiger partial charge on any atom is 0.226 e. The molecular weight excluding hydrogens is 224 g/mol. The fourth-order valence-electron chi connectivity index (χ4n) is 1.45. The van der Waals surface area contributed by atoms with Crippen LogP contribution in [0.25, 0.3) is 0 Å². The number of rotatable bonds is 6. The largest absolute Gasteiger partial charge is 0.396 e. The molecule has 0 spiro atoms. The summed E-state index contributed by atoms with van der Waals surface area (Å²) in [5, 5.41) is 14.4. The number of nitrogens with one attached hydrogen (secondary N) is 1. The second-order valence-corrected chi connectivity index (χ2v) is 4.93. The lowest BCUT2D eigenvalue weighted by atomic mass is 10.2. The Hall–Kier alpha value is -0.940. The summed E-state index contributed by atoms with van der Waals surface area (Å²) in [4.78, 5) is 15.8. The zero-order chi connectivity index (χ0) is 12.0. The van der Waals surface area contributed by atoms with E-state index in [1.807, 2.05) is 19.2 Å². The highest BCUT2D eigenvalue weighted by Gasteiger charge is 2.09. The molecule has 1 atom stereocenters. The van der Waals surface area contributed by atoms with E-state index in [0.717, 1.165) is 23.5 Å². The van der Waals surface area contributed by atoms with Gasteiger partial charge in [0.1, 0.15) is 0 Å². The van der Waals surface area contributed by atoms with Gasteiger partial charge in [-0.15, -0.1) is 11.3 Å². The predicted molar refractivity (Wildman–Crippen MR) is 64.5 cm³/mol. The second kappa shape index (κ2) is 6.60. The van der Waals surface area contributed by atoms with Crippen molar-refractivity contribution in [3.8, 4) is 0 Å². The lowest BCUT2D eigenvalue weighted by Gasteiger charge is -2.12. The van der Waals surface area contributed by atoms with Crippen molar-refractivity contribution in [1.29, 1.82) is 0 Å². The van der Waals surface area contributed by atoms with Crippen molar-refractivity contribution >= 4 is 17.2 Å². The van der Waals surface area contributed by atoms with Crippen molar-refractivity contribution < 1.29 is 9.90 Å². The maximum atomic E-state index is 11.6. The van der Waals surface area contributed by atoms with E-state index in [0.29, 0.717) is 6.42 Å². The molecule has 0 radical (unpaired) electrons. The van der Waals surface area contributed by atoms with E-state index < -0.39 is 0 Å². The van der Waals surface area contributed by atoms with Gasteiger partial charge < -0.3 is 10.4 Å². The number of aromatic nitrogens is 1. The molecule has 0 fully saturated rings. The number of carbonyl (C=O) groups is 1. The van der Waals surface area contributed by atoms with E-state index in [1.165, 1.54) is 0 Å². The van der Waals surface area contributed by atoms with Crippen molar-refractivity contribution in [2.75, 3.05) is 6.61 Å². The van der Waals surface area contributed by atoms with Gasteiger partial charge >= 0.3 is 0 Å². The van der Waals surface area contributed by atoms with Crippen LogP contribution in [0.4, 0.5) is 0 Å². The van der Waals surface area contributed by atoms with Crippen LogP contribution >= 0.6 is 11.3 Å². The van der Waals surface area contributed by atoms with E-state index in [1.54, 1.807) is 11.3 Å². The highest BCUT2D eigenvalue weighted by molar-refractivity contribution is 7.09. The Morgan fingerprint density at radius 1 is 1.69 bits per heavy atom. The van der Waals surface area contributed by atoms with Crippen molar-refractivity contribution in [1.82, 2.24) is 10.3 Å². The fourth-order valence-corrected chi connectivity index (χ4v) is 2.06. The lowest BCUT2D eigenvalue weighted by molar-refractivity contribution is -0.121. The topological polar surface area (TPSA) is 62.2 Å². The smallest absolute Gasteiger partial charge is 0.226 e. The van der Waals surface area contributed by atoms with E-state index >= 15 is 0 Å². The molecule has 1 aromatic heterocycles. The Bertz CT molecular complexity index is 338. The Morgan fingerprint density at radius 2 is 2.44 bits per heavy atom. The van der Waals surface area contributed by atoms with Crippen molar-refractivity contribution in [2.24, 2.45) is 0 Å². The van der Waals surface area contributed by atoms with Gasteiger partial charge in [-0.05, 0) is 26.7 Å². The summed E-state index contributed by atoms with van der Waals surface area (Å²) in [7, 11) is 0. The van der Waals surface area contributed by atoms with Gasteiger partial charge in [0, 0.05) is 18.0 Å². The van der Waals surface area contributed by atoms with Gasteiger partial charge in [-0.3, -0.25) is 4.79 Å². The Kier molecular flexibility index (Phi) is 5.42. The molecule has 4 nitrogen and oxygen atoms in total. The molecule has 1 amide bonds. The standard InChI is InChI=1S/C11H18N2O2S/c1-8(4-3-5-14)12-11(15)6-10-7-16-9(2)13-10/h7-8,14H,3-6H2,1-2H3,(H,12,15). The third-order valence-corrected chi connectivity index (χ3v) is 3.03. The van der Waals surface area contributed by atoms with Gasteiger partial charge in [-0.2, -0.15) is 0 Å². The minimum atomic E-state index is -0.00394. The molecule has 0 bridgehead atoms.